The van der Waals surface area contributed by atoms with Gasteiger partial charge < -0.3 is 10.3 Å². The lowest BCUT2D eigenvalue weighted by atomic mass is 9.99. The van der Waals surface area contributed by atoms with Gasteiger partial charge in [0.1, 0.15) is 11.5 Å². The highest BCUT2D eigenvalue weighted by Crippen LogP contribution is 2.24. The molecule has 1 aliphatic rings. The van der Waals surface area contributed by atoms with Crippen molar-refractivity contribution in [2.45, 2.75) is 19.4 Å². The second-order valence-electron chi connectivity index (χ2n) is 4.53. The summed E-state index contributed by atoms with van der Waals surface area (Å²) in [6.45, 7) is 1.64. The zero-order valence-electron chi connectivity index (χ0n) is 9.87. The number of nitrogens with two attached hydrogens (primary N) is 1. The third-order valence-electron chi connectivity index (χ3n) is 3.43. The molecule has 1 atom stereocenters. The van der Waals surface area contributed by atoms with Gasteiger partial charge in [0.05, 0.1) is 0 Å². The van der Waals surface area contributed by atoms with Crippen LogP contribution in [0.4, 0.5) is 0 Å². The standard InChI is InChI=1S/C11H16N6/c1-16-9(4-5-13-16)11-15-14-10-3-2-8(6-12)7-17(10)11/h4-5,8H,2-3,6-7,12H2,1H3. The summed E-state index contributed by atoms with van der Waals surface area (Å²) in [7, 11) is 1.92. The molecule has 90 valence electrons. The molecule has 0 bridgehead atoms. The highest BCUT2D eigenvalue weighted by molar-refractivity contribution is 5.49. The van der Waals surface area contributed by atoms with Crippen LogP contribution in [-0.2, 0) is 20.0 Å². The third kappa shape index (κ3) is 1.64. The van der Waals surface area contributed by atoms with Gasteiger partial charge in [-0.15, -0.1) is 10.2 Å². The van der Waals surface area contributed by atoms with Crippen LogP contribution in [0.5, 0.6) is 0 Å². The van der Waals surface area contributed by atoms with Gasteiger partial charge in [-0.1, -0.05) is 0 Å². The van der Waals surface area contributed by atoms with E-state index in [0.29, 0.717) is 5.92 Å². The SMILES string of the molecule is Cn1nccc1-c1nnc2n1CC(CN)CC2. The molecule has 0 aromatic carbocycles. The lowest BCUT2D eigenvalue weighted by molar-refractivity contribution is 0.375. The predicted octanol–water partition coefficient (Wildman–Crippen LogP) is 0.200. The van der Waals surface area contributed by atoms with Crippen molar-refractivity contribution in [2.75, 3.05) is 6.54 Å². The first-order valence-electron chi connectivity index (χ1n) is 5.90. The van der Waals surface area contributed by atoms with Crippen LogP contribution in [0.1, 0.15) is 12.2 Å². The molecule has 17 heavy (non-hydrogen) atoms. The van der Waals surface area contributed by atoms with E-state index in [1.165, 1.54) is 0 Å². The van der Waals surface area contributed by atoms with Crippen LogP contribution in [0, 0.1) is 5.92 Å². The lowest BCUT2D eigenvalue weighted by Gasteiger charge is -2.22. The molecule has 0 radical (unpaired) electrons. The van der Waals surface area contributed by atoms with E-state index in [1.807, 2.05) is 17.8 Å². The number of hydrogen-bond donors (Lipinski definition) is 1. The predicted molar refractivity (Wildman–Crippen MR) is 63.1 cm³/mol. The quantitative estimate of drug-likeness (QED) is 0.802. The van der Waals surface area contributed by atoms with Crippen LogP contribution >= 0.6 is 0 Å². The number of aromatic nitrogens is 5. The fourth-order valence-electron chi connectivity index (χ4n) is 2.37. The zero-order chi connectivity index (χ0) is 11.8. The van der Waals surface area contributed by atoms with Crippen molar-refractivity contribution in [2.24, 2.45) is 18.7 Å². The van der Waals surface area contributed by atoms with Gasteiger partial charge in [0.25, 0.3) is 0 Å². The van der Waals surface area contributed by atoms with Crippen molar-refractivity contribution in [1.29, 1.82) is 0 Å². The van der Waals surface area contributed by atoms with E-state index in [-0.39, 0.29) is 0 Å². The average molecular weight is 232 g/mol. The summed E-state index contributed by atoms with van der Waals surface area (Å²) in [5.74, 6) is 2.49. The van der Waals surface area contributed by atoms with E-state index in [9.17, 15) is 0 Å². The van der Waals surface area contributed by atoms with E-state index < -0.39 is 0 Å². The highest BCUT2D eigenvalue weighted by atomic mass is 15.3. The van der Waals surface area contributed by atoms with Crippen molar-refractivity contribution in [3.8, 4) is 11.5 Å². The maximum absolute atomic E-state index is 5.76. The van der Waals surface area contributed by atoms with Crippen molar-refractivity contribution in [3.63, 3.8) is 0 Å². The van der Waals surface area contributed by atoms with Crippen molar-refractivity contribution < 1.29 is 0 Å². The Morgan fingerprint density at radius 3 is 3.06 bits per heavy atom. The van der Waals surface area contributed by atoms with Gasteiger partial charge in [0, 0.05) is 26.2 Å². The first-order valence-corrected chi connectivity index (χ1v) is 5.90. The van der Waals surface area contributed by atoms with Gasteiger partial charge in [-0.2, -0.15) is 5.10 Å². The molecule has 2 aromatic heterocycles. The van der Waals surface area contributed by atoms with Crippen LogP contribution in [0.25, 0.3) is 11.5 Å². The van der Waals surface area contributed by atoms with Gasteiger partial charge >= 0.3 is 0 Å². The molecule has 3 rings (SSSR count). The molecule has 0 saturated heterocycles. The fraction of sp³-hybridized carbons (Fsp3) is 0.545. The third-order valence-corrected chi connectivity index (χ3v) is 3.43. The first kappa shape index (κ1) is 10.5. The van der Waals surface area contributed by atoms with E-state index in [4.69, 9.17) is 5.73 Å². The van der Waals surface area contributed by atoms with Crippen LogP contribution in [0.3, 0.4) is 0 Å². The molecule has 3 heterocycles. The molecule has 6 heteroatoms. The van der Waals surface area contributed by atoms with Gasteiger partial charge in [-0.25, -0.2) is 0 Å². The fourth-order valence-corrected chi connectivity index (χ4v) is 2.37. The Balaban J connectivity index is 2.03. The summed E-state index contributed by atoms with van der Waals surface area (Å²) in [5.41, 5.74) is 6.76. The lowest BCUT2D eigenvalue weighted by Crippen LogP contribution is -2.27. The average Bonchev–Trinajstić information content (AvgIpc) is 2.94. The second-order valence-corrected chi connectivity index (χ2v) is 4.53. The van der Waals surface area contributed by atoms with E-state index >= 15 is 0 Å². The molecular formula is C11H16N6. The second kappa shape index (κ2) is 3.96. The van der Waals surface area contributed by atoms with Crippen molar-refractivity contribution in [1.82, 2.24) is 24.5 Å². The molecule has 0 aliphatic carbocycles. The van der Waals surface area contributed by atoms with E-state index in [1.54, 1.807) is 6.20 Å². The summed E-state index contributed by atoms with van der Waals surface area (Å²) in [6, 6.07) is 1.96. The number of aryl methyl sites for hydroxylation is 2. The molecule has 0 saturated carbocycles. The van der Waals surface area contributed by atoms with Crippen LogP contribution in [-0.4, -0.2) is 31.1 Å². The summed E-state index contributed by atoms with van der Waals surface area (Å²) in [5, 5.41) is 12.7. The zero-order valence-corrected chi connectivity index (χ0v) is 9.87. The number of rotatable bonds is 2. The molecule has 2 N–H and O–H groups in total. The normalized spacial score (nSPS) is 19.3. The molecule has 0 spiro atoms. The number of nitrogens with zero attached hydrogens (tertiary/aromatic N) is 5. The summed E-state index contributed by atoms with van der Waals surface area (Å²) < 4.78 is 4.00. The highest BCUT2D eigenvalue weighted by Gasteiger charge is 2.23. The molecular weight excluding hydrogens is 216 g/mol. The minimum Gasteiger partial charge on any atom is -0.330 e. The Morgan fingerprint density at radius 1 is 1.47 bits per heavy atom. The molecule has 6 nitrogen and oxygen atoms in total. The van der Waals surface area contributed by atoms with Gasteiger partial charge in [-0.3, -0.25) is 4.68 Å². The van der Waals surface area contributed by atoms with E-state index in [0.717, 1.165) is 43.3 Å². The maximum Gasteiger partial charge on any atom is 0.182 e. The maximum atomic E-state index is 5.76. The first-order chi connectivity index (χ1) is 8.29. The smallest absolute Gasteiger partial charge is 0.182 e. The Kier molecular flexibility index (Phi) is 2.44. The largest absolute Gasteiger partial charge is 0.330 e. The Bertz CT molecular complexity index is 526. The summed E-state index contributed by atoms with van der Waals surface area (Å²) in [4.78, 5) is 0. The van der Waals surface area contributed by atoms with Gasteiger partial charge in [0.15, 0.2) is 5.82 Å². The Hall–Kier alpha value is -1.69. The van der Waals surface area contributed by atoms with Crippen molar-refractivity contribution >= 4 is 0 Å². The monoisotopic (exact) mass is 232 g/mol. The Labute approximate surface area is 99.4 Å². The summed E-state index contributed by atoms with van der Waals surface area (Å²) in [6.07, 6.45) is 3.85. The molecule has 0 fully saturated rings. The Morgan fingerprint density at radius 2 is 2.35 bits per heavy atom. The topological polar surface area (TPSA) is 74.5 Å². The molecule has 0 amide bonds. The molecule has 2 aromatic rings. The van der Waals surface area contributed by atoms with Crippen LogP contribution in [0.15, 0.2) is 12.3 Å². The summed E-state index contributed by atoms with van der Waals surface area (Å²) >= 11 is 0. The molecule has 1 unspecified atom stereocenters. The van der Waals surface area contributed by atoms with E-state index in [2.05, 4.69) is 19.9 Å². The number of hydrogen-bond acceptors (Lipinski definition) is 4. The van der Waals surface area contributed by atoms with Crippen molar-refractivity contribution in [3.05, 3.63) is 18.1 Å². The van der Waals surface area contributed by atoms with Gasteiger partial charge in [-0.05, 0) is 24.9 Å². The minimum absolute atomic E-state index is 0.533. The molecule has 1 aliphatic heterocycles. The minimum atomic E-state index is 0.533. The number of fused-ring (bicyclic) bond motifs is 1. The van der Waals surface area contributed by atoms with Crippen LogP contribution in [0.2, 0.25) is 0 Å². The van der Waals surface area contributed by atoms with Gasteiger partial charge in [0.2, 0.25) is 0 Å². The van der Waals surface area contributed by atoms with Crippen LogP contribution < -0.4 is 5.73 Å².